The van der Waals surface area contributed by atoms with Crippen LogP contribution in [-0.2, 0) is 14.8 Å². The number of amides is 1. The maximum absolute atomic E-state index is 13.5. The second kappa shape index (κ2) is 9.85. The highest BCUT2D eigenvalue weighted by molar-refractivity contribution is 7.89. The maximum atomic E-state index is 13.5. The van der Waals surface area contributed by atoms with Gasteiger partial charge < -0.3 is 4.90 Å². The van der Waals surface area contributed by atoms with E-state index in [1.165, 1.54) is 10.4 Å². The van der Waals surface area contributed by atoms with Crippen LogP contribution in [0.1, 0.15) is 50.1 Å². The molecule has 0 N–H and O–H groups in total. The van der Waals surface area contributed by atoms with Crippen molar-refractivity contribution in [3.05, 3.63) is 59.1 Å². The van der Waals surface area contributed by atoms with Gasteiger partial charge in [-0.2, -0.15) is 4.31 Å². The van der Waals surface area contributed by atoms with Crippen molar-refractivity contribution in [2.75, 3.05) is 19.6 Å². The van der Waals surface area contributed by atoms with Gasteiger partial charge in [-0.3, -0.25) is 9.78 Å². The van der Waals surface area contributed by atoms with Crippen molar-refractivity contribution in [3.63, 3.8) is 0 Å². The fraction of sp³-hybridized carbons (Fsp3) is 0.478. The van der Waals surface area contributed by atoms with Gasteiger partial charge in [0.15, 0.2) is 0 Å². The minimum Gasteiger partial charge on any atom is -0.335 e. The summed E-state index contributed by atoms with van der Waals surface area (Å²) < 4.78 is 40.7. The van der Waals surface area contributed by atoms with E-state index in [4.69, 9.17) is 11.6 Å². The summed E-state index contributed by atoms with van der Waals surface area (Å²) in [6.45, 7) is 1.22. The van der Waals surface area contributed by atoms with Gasteiger partial charge in [0.05, 0.1) is 16.0 Å². The van der Waals surface area contributed by atoms with E-state index < -0.39 is 15.8 Å². The Labute approximate surface area is 193 Å². The van der Waals surface area contributed by atoms with Crippen molar-refractivity contribution in [2.45, 2.75) is 49.5 Å². The van der Waals surface area contributed by atoms with Crippen molar-refractivity contribution in [3.8, 4) is 0 Å². The van der Waals surface area contributed by atoms with Crippen LogP contribution in [0.5, 0.6) is 0 Å². The lowest BCUT2D eigenvalue weighted by Crippen LogP contribution is -2.45. The number of hydrogen-bond donors (Lipinski definition) is 0. The number of aromatic nitrogens is 1. The molecule has 2 aromatic rings. The Morgan fingerprint density at radius 3 is 2.41 bits per heavy atom. The molecule has 1 unspecified atom stereocenters. The third kappa shape index (κ3) is 4.82. The third-order valence-electron chi connectivity index (χ3n) is 6.46. The van der Waals surface area contributed by atoms with Gasteiger partial charge in [-0.05, 0) is 61.6 Å². The predicted molar refractivity (Wildman–Crippen MR) is 120 cm³/mol. The molecule has 2 saturated heterocycles. The number of carbonyl (C=O) groups is 1. The number of carbonyl (C=O) groups excluding carboxylic acids is 1. The first kappa shape index (κ1) is 23.1. The Balaban J connectivity index is 1.46. The molecule has 2 aliphatic rings. The highest BCUT2D eigenvalue weighted by Crippen LogP contribution is 2.34. The normalized spacial score (nSPS) is 21.3. The van der Waals surface area contributed by atoms with Crippen molar-refractivity contribution in [2.24, 2.45) is 5.92 Å². The molecule has 1 aromatic carbocycles. The lowest BCUT2D eigenvalue weighted by atomic mass is 9.94. The summed E-state index contributed by atoms with van der Waals surface area (Å²) in [4.78, 5) is 19.5. The number of nitrogens with zero attached hydrogens (tertiary/aromatic N) is 3. The van der Waals surface area contributed by atoms with Crippen LogP contribution in [-0.4, -0.2) is 48.1 Å². The zero-order valence-electron chi connectivity index (χ0n) is 17.8. The molecule has 1 atom stereocenters. The SMILES string of the molecule is O=C(C1CCN(S(=O)(=O)c2ccc(F)c(Cl)c2)CC1)N1CCCCCC1c1ccncc1. The van der Waals surface area contributed by atoms with Crippen molar-refractivity contribution >= 4 is 27.5 Å². The summed E-state index contributed by atoms with van der Waals surface area (Å²) in [6, 6.07) is 7.41. The molecular formula is C23H27ClFN3O3S. The number of sulfonamides is 1. The summed E-state index contributed by atoms with van der Waals surface area (Å²) >= 11 is 5.77. The van der Waals surface area contributed by atoms with E-state index in [1.54, 1.807) is 12.4 Å². The van der Waals surface area contributed by atoms with Gasteiger partial charge in [-0.15, -0.1) is 0 Å². The van der Waals surface area contributed by atoms with Crippen LogP contribution in [0, 0.1) is 11.7 Å². The second-order valence-electron chi connectivity index (χ2n) is 8.43. The summed E-state index contributed by atoms with van der Waals surface area (Å²) in [5, 5.41) is -0.223. The maximum Gasteiger partial charge on any atom is 0.243 e. The van der Waals surface area contributed by atoms with Crippen LogP contribution >= 0.6 is 11.6 Å². The molecule has 172 valence electrons. The van der Waals surface area contributed by atoms with Crippen molar-refractivity contribution in [1.82, 2.24) is 14.2 Å². The summed E-state index contributed by atoms with van der Waals surface area (Å²) in [5.41, 5.74) is 1.10. The smallest absolute Gasteiger partial charge is 0.243 e. The zero-order chi connectivity index (χ0) is 22.7. The summed E-state index contributed by atoms with van der Waals surface area (Å²) in [7, 11) is -3.78. The van der Waals surface area contributed by atoms with Crippen LogP contribution in [0.4, 0.5) is 4.39 Å². The molecule has 3 heterocycles. The van der Waals surface area contributed by atoms with Gasteiger partial charge in [0.2, 0.25) is 15.9 Å². The van der Waals surface area contributed by atoms with E-state index in [9.17, 15) is 17.6 Å². The van der Waals surface area contributed by atoms with Crippen LogP contribution in [0.25, 0.3) is 0 Å². The molecule has 0 spiro atoms. The van der Waals surface area contributed by atoms with E-state index in [1.807, 2.05) is 17.0 Å². The highest BCUT2D eigenvalue weighted by Gasteiger charge is 2.36. The highest BCUT2D eigenvalue weighted by atomic mass is 35.5. The molecular weight excluding hydrogens is 453 g/mol. The number of rotatable bonds is 4. The average Bonchev–Trinajstić information content (AvgIpc) is 3.07. The van der Waals surface area contributed by atoms with E-state index in [0.29, 0.717) is 12.8 Å². The van der Waals surface area contributed by atoms with Crippen LogP contribution in [0.3, 0.4) is 0 Å². The number of benzene rings is 1. The lowest BCUT2D eigenvalue weighted by molar-refractivity contribution is -0.139. The predicted octanol–water partition coefficient (Wildman–Crippen LogP) is 4.42. The van der Waals surface area contributed by atoms with Gasteiger partial charge in [-0.25, -0.2) is 12.8 Å². The molecule has 1 aromatic heterocycles. The Hall–Kier alpha value is -2.03. The van der Waals surface area contributed by atoms with E-state index >= 15 is 0 Å². The average molecular weight is 480 g/mol. The molecule has 2 aliphatic heterocycles. The van der Waals surface area contributed by atoms with Crippen molar-refractivity contribution in [1.29, 1.82) is 0 Å². The van der Waals surface area contributed by atoms with Gasteiger partial charge in [-0.1, -0.05) is 24.4 Å². The monoisotopic (exact) mass is 479 g/mol. The molecule has 0 bridgehead atoms. The first-order valence-electron chi connectivity index (χ1n) is 11.0. The molecule has 32 heavy (non-hydrogen) atoms. The first-order chi connectivity index (χ1) is 15.4. The van der Waals surface area contributed by atoms with E-state index in [0.717, 1.165) is 49.9 Å². The summed E-state index contributed by atoms with van der Waals surface area (Å²) in [5.74, 6) is -0.757. The minimum absolute atomic E-state index is 0.0288. The molecule has 0 aliphatic carbocycles. The first-order valence-corrected chi connectivity index (χ1v) is 12.9. The zero-order valence-corrected chi connectivity index (χ0v) is 19.4. The number of piperidine rings is 1. The third-order valence-corrected chi connectivity index (χ3v) is 8.64. The van der Waals surface area contributed by atoms with Crippen LogP contribution in [0.15, 0.2) is 47.6 Å². The molecule has 9 heteroatoms. The van der Waals surface area contributed by atoms with Gasteiger partial charge in [0, 0.05) is 37.9 Å². The van der Waals surface area contributed by atoms with Gasteiger partial charge >= 0.3 is 0 Å². The quantitative estimate of drug-likeness (QED) is 0.650. The fourth-order valence-corrected chi connectivity index (χ4v) is 6.41. The number of hydrogen-bond acceptors (Lipinski definition) is 4. The van der Waals surface area contributed by atoms with E-state index in [-0.39, 0.29) is 40.9 Å². The Morgan fingerprint density at radius 1 is 1.00 bits per heavy atom. The molecule has 2 fully saturated rings. The van der Waals surface area contributed by atoms with Crippen LogP contribution in [0.2, 0.25) is 5.02 Å². The Kier molecular flexibility index (Phi) is 7.12. The minimum atomic E-state index is -3.78. The number of likely N-dealkylation sites (tertiary alicyclic amines) is 1. The van der Waals surface area contributed by atoms with E-state index in [2.05, 4.69) is 4.98 Å². The molecule has 1 amide bonds. The standard InChI is InChI=1S/C23H27ClFN3O3S/c24-20-16-19(5-6-21(20)25)32(30,31)27-14-9-18(10-15-27)23(29)28-13-3-1-2-4-22(28)17-7-11-26-12-8-17/h5-8,11-12,16,18,22H,1-4,9-10,13-15H2. The van der Waals surface area contributed by atoms with Gasteiger partial charge in [0.25, 0.3) is 0 Å². The Bertz CT molecular complexity index is 1060. The van der Waals surface area contributed by atoms with Crippen molar-refractivity contribution < 1.29 is 17.6 Å². The molecule has 4 rings (SSSR count). The lowest BCUT2D eigenvalue weighted by Gasteiger charge is -2.36. The largest absolute Gasteiger partial charge is 0.335 e. The molecule has 0 radical (unpaired) electrons. The number of halogens is 2. The van der Waals surface area contributed by atoms with Gasteiger partial charge in [0.1, 0.15) is 5.82 Å². The Morgan fingerprint density at radius 2 is 1.72 bits per heavy atom. The topological polar surface area (TPSA) is 70.6 Å². The molecule has 6 nitrogen and oxygen atoms in total. The number of pyridine rings is 1. The fourth-order valence-electron chi connectivity index (χ4n) is 4.67. The summed E-state index contributed by atoms with van der Waals surface area (Å²) in [6.07, 6.45) is 8.52. The second-order valence-corrected chi connectivity index (χ2v) is 10.8. The molecule has 0 saturated carbocycles. The van der Waals surface area contributed by atoms with Crippen LogP contribution < -0.4 is 0 Å².